The van der Waals surface area contributed by atoms with Gasteiger partial charge in [0.15, 0.2) is 0 Å². The van der Waals surface area contributed by atoms with E-state index >= 15 is 0 Å². The van der Waals surface area contributed by atoms with Crippen LogP contribution >= 0.6 is 7.05 Å². The lowest BCUT2D eigenvalue weighted by Crippen LogP contribution is -2.26. The monoisotopic (exact) mass is 333 g/mol. The van der Waals surface area contributed by atoms with Gasteiger partial charge in [-0.25, -0.2) is 4.74 Å². The Hall–Kier alpha value is -2.44. The van der Waals surface area contributed by atoms with E-state index in [2.05, 4.69) is 36.4 Å². The van der Waals surface area contributed by atoms with E-state index in [9.17, 15) is 4.79 Å². The molecule has 3 aromatic carbocycles. The number of nitrogens with zero attached hydrogens (tertiary/aromatic N) is 1. The molecule has 0 aromatic heterocycles. The van der Waals surface area contributed by atoms with Crippen LogP contribution in [0, 0.1) is 0 Å². The van der Waals surface area contributed by atoms with Gasteiger partial charge in [0.2, 0.25) is 5.91 Å². The summed E-state index contributed by atoms with van der Waals surface area (Å²) in [6, 6.07) is 30.6. The quantitative estimate of drug-likeness (QED) is 0.661. The van der Waals surface area contributed by atoms with Gasteiger partial charge in [-0.2, -0.15) is 0 Å². The summed E-state index contributed by atoms with van der Waals surface area (Å²) in [7, 11) is -2.35. The Labute approximate surface area is 143 Å². The molecule has 2 nitrogen and oxygen atoms in total. The maximum absolute atomic E-state index is 12.4. The molecular formula is C21H20NOP. The first-order valence-electron chi connectivity index (χ1n) is 8.09. The van der Waals surface area contributed by atoms with Crippen molar-refractivity contribution in [3.8, 4) is 0 Å². The molecule has 3 aromatic rings. The van der Waals surface area contributed by atoms with Gasteiger partial charge < -0.3 is 0 Å². The second-order valence-electron chi connectivity index (χ2n) is 5.49. The third-order valence-electron chi connectivity index (χ3n) is 3.95. The topological polar surface area (TPSA) is 29.4 Å². The zero-order valence-electron chi connectivity index (χ0n) is 13.7. The lowest BCUT2D eigenvalue weighted by atomic mass is 10.4. The molecule has 0 spiro atoms. The highest BCUT2D eigenvalue weighted by atomic mass is 31.2. The Morgan fingerprint density at radius 3 is 1.33 bits per heavy atom. The number of hydrogen-bond donors (Lipinski definition) is 0. The molecular weight excluding hydrogens is 313 g/mol. The molecule has 0 unspecified atom stereocenters. The molecule has 3 heteroatoms. The van der Waals surface area contributed by atoms with E-state index < -0.39 is 7.05 Å². The second-order valence-corrected chi connectivity index (χ2v) is 8.51. The van der Waals surface area contributed by atoms with Gasteiger partial charge in [0.1, 0.15) is 0 Å². The van der Waals surface area contributed by atoms with E-state index in [1.807, 2.05) is 61.5 Å². The maximum Gasteiger partial charge on any atom is 0.244 e. The Balaban J connectivity index is 2.42. The average molecular weight is 333 g/mol. The summed E-state index contributed by atoms with van der Waals surface area (Å²) in [6.45, 7) is 1.86. The van der Waals surface area contributed by atoms with Crippen molar-refractivity contribution in [1.82, 2.24) is 0 Å². The minimum Gasteiger partial charge on any atom is -0.273 e. The summed E-state index contributed by atoms with van der Waals surface area (Å²) in [5.74, 6) is -0.0557. The van der Waals surface area contributed by atoms with Gasteiger partial charge in [0.05, 0.1) is 7.05 Å². The molecule has 0 heterocycles. The molecule has 0 radical (unpaired) electrons. The van der Waals surface area contributed by atoms with Crippen molar-refractivity contribution in [2.24, 2.45) is 4.74 Å². The lowest BCUT2D eigenvalue weighted by molar-refractivity contribution is -0.117. The van der Waals surface area contributed by atoms with Crippen LogP contribution in [0.25, 0.3) is 0 Å². The first kappa shape index (κ1) is 16.4. The normalized spacial score (nSPS) is 11.0. The van der Waals surface area contributed by atoms with Crippen LogP contribution in [0.5, 0.6) is 0 Å². The molecule has 120 valence electrons. The zero-order valence-corrected chi connectivity index (χ0v) is 14.6. The van der Waals surface area contributed by atoms with Crippen LogP contribution in [0.15, 0.2) is 95.7 Å². The van der Waals surface area contributed by atoms with Crippen molar-refractivity contribution in [3.05, 3.63) is 91.0 Å². The highest BCUT2D eigenvalue weighted by Gasteiger charge is 2.28. The van der Waals surface area contributed by atoms with Crippen molar-refractivity contribution >= 4 is 28.9 Å². The summed E-state index contributed by atoms with van der Waals surface area (Å²) in [5.41, 5.74) is 0. The average Bonchev–Trinajstić information content (AvgIpc) is 2.68. The second kappa shape index (κ2) is 7.42. The van der Waals surface area contributed by atoms with Crippen LogP contribution in [0.2, 0.25) is 0 Å². The summed E-state index contributed by atoms with van der Waals surface area (Å²) in [6.07, 6.45) is 0.411. The summed E-state index contributed by atoms with van der Waals surface area (Å²) < 4.78 is 4.81. The SMILES string of the molecule is CCC(=O)N=P(c1ccccc1)(c1ccccc1)c1ccccc1. The maximum atomic E-state index is 12.4. The molecule has 0 bridgehead atoms. The van der Waals surface area contributed by atoms with Crippen LogP contribution in [-0.4, -0.2) is 5.91 Å². The Bertz CT molecular complexity index is 755. The molecule has 0 fully saturated rings. The molecule has 1 amide bonds. The predicted octanol–water partition coefficient (Wildman–Crippen LogP) is 4.10. The summed E-state index contributed by atoms with van der Waals surface area (Å²) >= 11 is 0. The number of rotatable bonds is 4. The van der Waals surface area contributed by atoms with E-state index in [0.29, 0.717) is 6.42 Å². The summed E-state index contributed by atoms with van der Waals surface area (Å²) in [4.78, 5) is 12.4. The zero-order chi connectivity index (χ0) is 16.8. The molecule has 0 N–H and O–H groups in total. The Morgan fingerprint density at radius 2 is 1.04 bits per heavy atom. The van der Waals surface area contributed by atoms with Crippen molar-refractivity contribution in [2.45, 2.75) is 13.3 Å². The van der Waals surface area contributed by atoms with Crippen LogP contribution in [0.3, 0.4) is 0 Å². The number of carbonyl (C=O) groups is 1. The Kier molecular flexibility index (Phi) is 5.08. The van der Waals surface area contributed by atoms with Crippen molar-refractivity contribution in [3.63, 3.8) is 0 Å². The van der Waals surface area contributed by atoms with Gasteiger partial charge in [-0.1, -0.05) is 97.9 Å². The van der Waals surface area contributed by atoms with Gasteiger partial charge in [-0.05, 0) is 0 Å². The molecule has 3 rings (SSSR count). The third kappa shape index (κ3) is 3.11. The molecule has 0 aliphatic carbocycles. The first-order chi connectivity index (χ1) is 11.8. The lowest BCUT2D eigenvalue weighted by Gasteiger charge is -2.26. The fourth-order valence-corrected chi connectivity index (χ4v) is 6.32. The molecule has 0 aliphatic heterocycles. The van der Waals surface area contributed by atoms with Crippen LogP contribution in [0.1, 0.15) is 13.3 Å². The highest BCUT2D eigenvalue weighted by molar-refractivity contribution is 7.87. The van der Waals surface area contributed by atoms with Crippen molar-refractivity contribution < 1.29 is 4.79 Å². The minimum absolute atomic E-state index is 0.0557. The van der Waals surface area contributed by atoms with Crippen LogP contribution in [-0.2, 0) is 4.79 Å². The van der Waals surface area contributed by atoms with E-state index in [1.165, 1.54) is 0 Å². The van der Waals surface area contributed by atoms with Gasteiger partial charge in [-0.15, -0.1) is 0 Å². The standard InChI is InChI=1S/C21H20NOP/c1-2-21(23)22-24(18-12-6-3-7-13-18,19-14-8-4-9-15-19)20-16-10-5-11-17-20/h3-17H,2H2,1H3. The Morgan fingerprint density at radius 1 is 0.708 bits per heavy atom. The molecule has 24 heavy (non-hydrogen) atoms. The third-order valence-corrected chi connectivity index (χ3v) is 7.61. The molecule has 0 saturated heterocycles. The number of carbonyl (C=O) groups excluding carboxylic acids is 1. The van der Waals surface area contributed by atoms with Crippen molar-refractivity contribution in [1.29, 1.82) is 0 Å². The van der Waals surface area contributed by atoms with E-state index in [-0.39, 0.29) is 5.91 Å². The van der Waals surface area contributed by atoms with Gasteiger partial charge >= 0.3 is 0 Å². The van der Waals surface area contributed by atoms with Gasteiger partial charge in [-0.3, -0.25) is 4.79 Å². The molecule has 0 aliphatic rings. The number of amides is 1. The number of hydrogen-bond acceptors (Lipinski definition) is 1. The minimum atomic E-state index is -2.35. The van der Waals surface area contributed by atoms with Crippen LogP contribution in [0.4, 0.5) is 0 Å². The number of benzene rings is 3. The van der Waals surface area contributed by atoms with Gasteiger partial charge in [0, 0.05) is 22.3 Å². The first-order valence-corrected chi connectivity index (χ1v) is 9.83. The predicted molar refractivity (Wildman–Crippen MR) is 103 cm³/mol. The van der Waals surface area contributed by atoms with E-state index in [4.69, 9.17) is 4.74 Å². The molecule has 0 atom stereocenters. The fraction of sp³-hybridized carbons (Fsp3) is 0.0952. The van der Waals surface area contributed by atoms with E-state index in [0.717, 1.165) is 15.9 Å². The largest absolute Gasteiger partial charge is 0.273 e. The van der Waals surface area contributed by atoms with Crippen molar-refractivity contribution in [2.75, 3.05) is 0 Å². The van der Waals surface area contributed by atoms with Crippen LogP contribution < -0.4 is 15.9 Å². The van der Waals surface area contributed by atoms with E-state index in [1.54, 1.807) is 0 Å². The molecule has 0 saturated carbocycles. The van der Waals surface area contributed by atoms with Gasteiger partial charge in [0.25, 0.3) is 0 Å². The summed E-state index contributed by atoms with van der Waals surface area (Å²) in [5, 5.41) is 3.30. The highest BCUT2D eigenvalue weighted by Crippen LogP contribution is 2.46. The fourth-order valence-electron chi connectivity index (χ4n) is 2.79. The smallest absolute Gasteiger partial charge is 0.244 e.